The van der Waals surface area contributed by atoms with Gasteiger partial charge < -0.3 is 10.1 Å². The third-order valence-corrected chi connectivity index (χ3v) is 2.08. The number of nitriles is 1. The number of hydrogen-bond donors (Lipinski definition) is 1. The minimum absolute atomic E-state index is 0.0398. The van der Waals surface area contributed by atoms with Crippen LogP contribution in [0.3, 0.4) is 0 Å². The molecule has 1 aromatic rings. The van der Waals surface area contributed by atoms with E-state index in [4.69, 9.17) is 10.00 Å². The monoisotopic (exact) mass is 248 g/mol. The highest BCUT2D eigenvalue weighted by atomic mass is 19.1. The Labute approximate surface area is 105 Å². The van der Waals surface area contributed by atoms with Gasteiger partial charge >= 0.3 is 5.97 Å². The standard InChI is InChI=1S/C13H13FN2O2/c1-2-18-13(17)7-4-8-16-12-6-3-5-11(14)10(12)9-15/h3-7,16H,2,8H2,1H3/b7-4+. The van der Waals surface area contributed by atoms with Gasteiger partial charge in [0.1, 0.15) is 17.4 Å². The molecule has 0 bridgehead atoms. The zero-order valence-electron chi connectivity index (χ0n) is 9.94. The quantitative estimate of drug-likeness (QED) is 0.641. The fourth-order valence-electron chi connectivity index (χ4n) is 1.30. The van der Waals surface area contributed by atoms with Gasteiger partial charge in [-0.2, -0.15) is 5.26 Å². The Hall–Kier alpha value is -2.35. The summed E-state index contributed by atoms with van der Waals surface area (Å²) in [7, 11) is 0. The molecule has 0 amide bonds. The number of rotatable bonds is 5. The number of ether oxygens (including phenoxy) is 1. The first-order valence-corrected chi connectivity index (χ1v) is 5.44. The van der Waals surface area contributed by atoms with E-state index >= 15 is 0 Å². The first-order chi connectivity index (χ1) is 8.69. The van der Waals surface area contributed by atoms with Crippen LogP contribution in [0.2, 0.25) is 0 Å². The molecule has 0 aromatic heterocycles. The van der Waals surface area contributed by atoms with E-state index < -0.39 is 11.8 Å². The summed E-state index contributed by atoms with van der Waals surface area (Å²) in [5, 5.41) is 11.6. The van der Waals surface area contributed by atoms with Crippen LogP contribution in [0.5, 0.6) is 0 Å². The zero-order valence-corrected chi connectivity index (χ0v) is 9.94. The molecule has 0 saturated carbocycles. The number of carbonyl (C=O) groups is 1. The fraction of sp³-hybridized carbons (Fsp3) is 0.231. The maximum absolute atomic E-state index is 13.2. The van der Waals surface area contributed by atoms with Gasteiger partial charge in [-0.3, -0.25) is 0 Å². The van der Waals surface area contributed by atoms with Crippen molar-refractivity contribution in [3.63, 3.8) is 0 Å². The summed E-state index contributed by atoms with van der Waals surface area (Å²) in [6.45, 7) is 2.34. The van der Waals surface area contributed by atoms with E-state index in [-0.39, 0.29) is 5.56 Å². The van der Waals surface area contributed by atoms with E-state index in [9.17, 15) is 9.18 Å². The van der Waals surface area contributed by atoms with Crippen LogP contribution in [0.1, 0.15) is 12.5 Å². The first kappa shape index (κ1) is 13.7. The Morgan fingerprint density at radius 3 is 3.06 bits per heavy atom. The first-order valence-electron chi connectivity index (χ1n) is 5.44. The van der Waals surface area contributed by atoms with Crippen molar-refractivity contribution >= 4 is 11.7 Å². The van der Waals surface area contributed by atoms with Crippen molar-refractivity contribution in [2.45, 2.75) is 6.92 Å². The van der Waals surface area contributed by atoms with E-state index in [2.05, 4.69) is 5.32 Å². The molecule has 0 aliphatic rings. The minimum atomic E-state index is -0.572. The van der Waals surface area contributed by atoms with Gasteiger partial charge in [0, 0.05) is 12.6 Å². The van der Waals surface area contributed by atoms with E-state index in [0.29, 0.717) is 18.8 Å². The lowest BCUT2D eigenvalue weighted by molar-refractivity contribution is -0.137. The molecule has 0 atom stereocenters. The summed E-state index contributed by atoms with van der Waals surface area (Å²) in [5.41, 5.74) is 0.355. The number of anilines is 1. The third kappa shape index (κ3) is 3.91. The molecule has 0 fully saturated rings. The molecule has 0 saturated heterocycles. The second-order valence-electron chi connectivity index (χ2n) is 3.31. The van der Waals surface area contributed by atoms with Crippen LogP contribution in [0.25, 0.3) is 0 Å². The van der Waals surface area contributed by atoms with E-state index in [1.54, 1.807) is 25.1 Å². The van der Waals surface area contributed by atoms with Crippen LogP contribution in [0.15, 0.2) is 30.4 Å². The normalized spacial score (nSPS) is 10.1. The number of hydrogen-bond acceptors (Lipinski definition) is 4. The lowest BCUT2D eigenvalue weighted by Crippen LogP contribution is -2.04. The zero-order chi connectivity index (χ0) is 13.4. The molecule has 5 heteroatoms. The summed E-state index contributed by atoms with van der Waals surface area (Å²) in [6.07, 6.45) is 2.83. The Morgan fingerprint density at radius 1 is 1.61 bits per heavy atom. The van der Waals surface area contributed by atoms with Gasteiger partial charge in [-0.05, 0) is 19.1 Å². The van der Waals surface area contributed by atoms with Crippen LogP contribution in [-0.2, 0) is 9.53 Å². The molecule has 18 heavy (non-hydrogen) atoms. The highest BCUT2D eigenvalue weighted by Crippen LogP contribution is 2.17. The van der Waals surface area contributed by atoms with Crippen LogP contribution in [0.4, 0.5) is 10.1 Å². The van der Waals surface area contributed by atoms with Gasteiger partial charge in [-0.1, -0.05) is 12.1 Å². The number of halogens is 1. The predicted molar refractivity (Wildman–Crippen MR) is 65.4 cm³/mol. The van der Waals surface area contributed by atoms with Gasteiger partial charge in [0.05, 0.1) is 12.3 Å². The third-order valence-electron chi connectivity index (χ3n) is 2.08. The topological polar surface area (TPSA) is 62.1 Å². The fourth-order valence-corrected chi connectivity index (χ4v) is 1.30. The van der Waals surface area contributed by atoms with Crippen molar-refractivity contribution in [2.24, 2.45) is 0 Å². The summed E-state index contributed by atoms with van der Waals surface area (Å²) < 4.78 is 17.9. The Kier molecular flexibility index (Phi) is 5.39. The molecule has 0 spiro atoms. The predicted octanol–water partition coefficient (Wildman–Crippen LogP) is 2.23. The smallest absolute Gasteiger partial charge is 0.330 e. The molecule has 0 radical (unpaired) electrons. The van der Waals surface area contributed by atoms with Crippen molar-refractivity contribution in [3.05, 3.63) is 41.7 Å². The molecular formula is C13H13FN2O2. The number of esters is 1. The van der Waals surface area contributed by atoms with Crippen molar-refractivity contribution < 1.29 is 13.9 Å². The average molecular weight is 248 g/mol. The second-order valence-corrected chi connectivity index (χ2v) is 3.31. The van der Waals surface area contributed by atoms with Crippen LogP contribution >= 0.6 is 0 Å². The Morgan fingerprint density at radius 2 is 2.39 bits per heavy atom. The molecule has 4 nitrogen and oxygen atoms in total. The van der Waals surface area contributed by atoms with Gasteiger partial charge in [0.2, 0.25) is 0 Å². The molecule has 0 heterocycles. The van der Waals surface area contributed by atoms with E-state index in [1.165, 1.54) is 18.2 Å². The van der Waals surface area contributed by atoms with Crippen LogP contribution < -0.4 is 5.32 Å². The van der Waals surface area contributed by atoms with Gasteiger partial charge in [-0.15, -0.1) is 0 Å². The molecule has 1 N–H and O–H groups in total. The molecule has 94 valence electrons. The average Bonchev–Trinajstić information content (AvgIpc) is 2.35. The van der Waals surface area contributed by atoms with Gasteiger partial charge in [-0.25, -0.2) is 9.18 Å². The SMILES string of the molecule is CCOC(=O)/C=C/CNc1cccc(F)c1C#N. The highest BCUT2D eigenvalue weighted by Gasteiger charge is 2.05. The molecular weight excluding hydrogens is 235 g/mol. The lowest BCUT2D eigenvalue weighted by atomic mass is 10.2. The number of nitrogens with one attached hydrogen (secondary N) is 1. The van der Waals surface area contributed by atoms with Crippen molar-refractivity contribution in [2.75, 3.05) is 18.5 Å². The molecule has 0 unspecified atom stereocenters. The van der Waals surface area contributed by atoms with E-state index in [0.717, 1.165) is 0 Å². The number of carbonyl (C=O) groups excluding carboxylic acids is 1. The number of benzene rings is 1. The van der Waals surface area contributed by atoms with Crippen molar-refractivity contribution in [1.82, 2.24) is 0 Å². The summed E-state index contributed by atoms with van der Waals surface area (Å²) in [4.78, 5) is 11.0. The maximum atomic E-state index is 13.2. The summed E-state index contributed by atoms with van der Waals surface area (Å²) in [6, 6.07) is 6.11. The van der Waals surface area contributed by atoms with Gasteiger partial charge in [0.15, 0.2) is 0 Å². The molecule has 1 rings (SSSR count). The minimum Gasteiger partial charge on any atom is -0.463 e. The van der Waals surface area contributed by atoms with Crippen LogP contribution in [0, 0.1) is 17.1 Å². The van der Waals surface area contributed by atoms with E-state index in [1.807, 2.05) is 0 Å². The molecule has 0 aliphatic carbocycles. The lowest BCUT2D eigenvalue weighted by Gasteiger charge is -2.05. The molecule has 1 aromatic carbocycles. The van der Waals surface area contributed by atoms with Crippen LogP contribution in [-0.4, -0.2) is 19.1 Å². The summed E-state index contributed by atoms with van der Waals surface area (Å²) in [5.74, 6) is -1.00. The Bertz CT molecular complexity index is 492. The summed E-state index contributed by atoms with van der Waals surface area (Å²) >= 11 is 0. The van der Waals surface area contributed by atoms with Crippen molar-refractivity contribution in [1.29, 1.82) is 5.26 Å². The highest BCUT2D eigenvalue weighted by molar-refractivity contribution is 5.81. The second kappa shape index (κ2) is 7.07. The number of nitrogens with zero attached hydrogens (tertiary/aromatic N) is 1. The maximum Gasteiger partial charge on any atom is 0.330 e. The molecule has 0 aliphatic heterocycles. The van der Waals surface area contributed by atoms with Gasteiger partial charge in [0.25, 0.3) is 0 Å². The Balaban J connectivity index is 2.57. The largest absolute Gasteiger partial charge is 0.463 e. The van der Waals surface area contributed by atoms with Crippen molar-refractivity contribution in [3.8, 4) is 6.07 Å².